The number of carboxylic acid groups (broad SMARTS) is 1. The molecular weight excluding hydrogens is 486 g/mol. The first-order valence-corrected chi connectivity index (χ1v) is 11.3. The molecule has 11 heteroatoms. The molecule has 0 atom stereocenters. The second kappa shape index (κ2) is 12.3. The number of carboxylic acids is 1. The second-order valence-corrected chi connectivity index (χ2v) is 7.88. The van der Waals surface area contributed by atoms with Gasteiger partial charge in [0.2, 0.25) is 11.9 Å². The van der Waals surface area contributed by atoms with Gasteiger partial charge in [0, 0.05) is 18.5 Å². The number of benzene rings is 2. The number of nitrogens with zero attached hydrogens (tertiary/aromatic N) is 3. The van der Waals surface area contributed by atoms with Gasteiger partial charge in [0.05, 0.1) is 18.4 Å². The Balaban J connectivity index is 1.85. The van der Waals surface area contributed by atoms with Crippen LogP contribution in [0.1, 0.15) is 29.9 Å². The monoisotopic (exact) mass is 509 g/mol. The highest BCUT2D eigenvalue weighted by atomic mass is 35.5. The Morgan fingerprint density at radius 1 is 1.03 bits per heavy atom. The van der Waals surface area contributed by atoms with Gasteiger partial charge in [-0.25, -0.2) is 19.6 Å². The van der Waals surface area contributed by atoms with Gasteiger partial charge < -0.3 is 15.2 Å². The quantitative estimate of drug-likeness (QED) is 0.315. The summed E-state index contributed by atoms with van der Waals surface area (Å²) in [6.07, 6.45) is 1.31. The summed E-state index contributed by atoms with van der Waals surface area (Å²) in [6.45, 7) is 3.64. The van der Waals surface area contributed by atoms with E-state index in [1.165, 1.54) is 30.2 Å². The topological polar surface area (TPSA) is 133 Å². The molecule has 3 N–H and O–H groups in total. The molecule has 2 aromatic carbocycles. The number of ether oxygens (including phenoxy) is 1. The van der Waals surface area contributed by atoms with Crippen molar-refractivity contribution in [1.29, 1.82) is 0 Å². The van der Waals surface area contributed by atoms with Crippen LogP contribution < -0.4 is 15.4 Å². The predicted octanol–water partition coefficient (Wildman–Crippen LogP) is 4.58. The molecule has 36 heavy (non-hydrogen) atoms. The van der Waals surface area contributed by atoms with E-state index < -0.39 is 17.9 Å². The second-order valence-electron chi connectivity index (χ2n) is 7.44. The Hall–Kier alpha value is -4.44. The van der Waals surface area contributed by atoms with Gasteiger partial charge in [0.15, 0.2) is 0 Å². The summed E-state index contributed by atoms with van der Waals surface area (Å²) in [7, 11) is 0. The molecule has 0 unspecified atom stereocenters. The van der Waals surface area contributed by atoms with Crippen molar-refractivity contribution in [3.63, 3.8) is 0 Å². The standard InChI is InChI=1S/C25H24ClN5O5/c1-3-27-25(35)31(15-17-4-6-18(26)7-5-17)24(29-16(2)32)30-19-8-10-20(11-9-19)36-21-12-13-22(23(33)34)28-14-21/h4-14H,3,15H2,1-2H3,(H,27,35)(H,33,34)(H,29,30,32). The Bertz CT molecular complexity index is 1250. The number of nitrogens with one attached hydrogen (secondary N) is 2. The molecule has 0 aliphatic rings. The molecular formula is C25H24ClN5O5. The average Bonchev–Trinajstić information content (AvgIpc) is 2.84. The molecule has 0 spiro atoms. The summed E-state index contributed by atoms with van der Waals surface area (Å²) >= 11 is 5.97. The number of carbonyl (C=O) groups excluding carboxylic acids is 2. The normalized spacial score (nSPS) is 10.9. The summed E-state index contributed by atoms with van der Waals surface area (Å²) in [6, 6.07) is 16.0. The highest BCUT2D eigenvalue weighted by Crippen LogP contribution is 2.24. The van der Waals surface area contributed by atoms with Crippen molar-refractivity contribution in [3.05, 3.63) is 83.1 Å². The van der Waals surface area contributed by atoms with Crippen molar-refractivity contribution >= 4 is 41.2 Å². The van der Waals surface area contributed by atoms with Gasteiger partial charge in [-0.15, -0.1) is 0 Å². The number of amides is 3. The highest BCUT2D eigenvalue weighted by Gasteiger charge is 2.21. The Kier molecular flexibility index (Phi) is 8.95. The van der Waals surface area contributed by atoms with Crippen LogP contribution in [0.4, 0.5) is 10.5 Å². The summed E-state index contributed by atoms with van der Waals surface area (Å²) in [5, 5.41) is 14.9. The van der Waals surface area contributed by atoms with Gasteiger partial charge >= 0.3 is 12.0 Å². The third-order valence-corrected chi connectivity index (χ3v) is 4.89. The lowest BCUT2D eigenvalue weighted by Gasteiger charge is -2.24. The summed E-state index contributed by atoms with van der Waals surface area (Å²) in [5.74, 6) is -0.652. The minimum absolute atomic E-state index is 0.0468. The van der Waals surface area contributed by atoms with Crippen LogP contribution in [0.15, 0.2) is 71.9 Å². The fourth-order valence-electron chi connectivity index (χ4n) is 2.99. The number of carbonyl (C=O) groups is 3. The van der Waals surface area contributed by atoms with Crippen LogP contribution in [-0.2, 0) is 11.3 Å². The number of halogens is 1. The van der Waals surface area contributed by atoms with Gasteiger partial charge in [0.25, 0.3) is 0 Å². The highest BCUT2D eigenvalue weighted by molar-refractivity contribution is 6.30. The van der Waals surface area contributed by atoms with E-state index in [-0.39, 0.29) is 18.2 Å². The average molecular weight is 510 g/mol. The van der Waals surface area contributed by atoms with Crippen molar-refractivity contribution < 1.29 is 24.2 Å². The van der Waals surface area contributed by atoms with Gasteiger partial charge in [-0.05, 0) is 61.0 Å². The third kappa shape index (κ3) is 7.54. The van der Waals surface area contributed by atoms with E-state index in [1.54, 1.807) is 55.5 Å². The number of aliphatic imine (C=N–C) groups is 1. The molecule has 10 nitrogen and oxygen atoms in total. The first-order chi connectivity index (χ1) is 17.2. The van der Waals surface area contributed by atoms with E-state index in [2.05, 4.69) is 20.6 Å². The fraction of sp³-hybridized carbons (Fsp3) is 0.160. The number of pyridine rings is 1. The number of hydrogen-bond acceptors (Lipinski definition) is 6. The molecule has 0 saturated heterocycles. The number of aromatic nitrogens is 1. The SMILES string of the molecule is CCNC(=O)N(Cc1ccc(Cl)cc1)C(=Nc1ccc(Oc2ccc(C(=O)O)nc2)cc1)NC(C)=O. The minimum atomic E-state index is -1.13. The van der Waals surface area contributed by atoms with Crippen molar-refractivity contribution in [2.45, 2.75) is 20.4 Å². The number of hydrogen-bond donors (Lipinski definition) is 3. The van der Waals surface area contributed by atoms with E-state index in [4.69, 9.17) is 21.4 Å². The van der Waals surface area contributed by atoms with E-state index >= 15 is 0 Å². The first kappa shape index (κ1) is 26.2. The molecule has 0 radical (unpaired) electrons. The van der Waals surface area contributed by atoms with Crippen LogP contribution in [0.3, 0.4) is 0 Å². The van der Waals surface area contributed by atoms with Gasteiger partial charge in [-0.2, -0.15) is 0 Å². The molecule has 186 valence electrons. The number of urea groups is 1. The molecule has 0 saturated carbocycles. The lowest BCUT2D eigenvalue weighted by atomic mass is 10.2. The molecule has 0 aliphatic carbocycles. The maximum absolute atomic E-state index is 12.8. The Labute approximate surface area is 212 Å². The molecule has 0 bridgehead atoms. The molecule has 1 heterocycles. The summed E-state index contributed by atoms with van der Waals surface area (Å²) in [4.78, 5) is 45.3. The maximum atomic E-state index is 12.8. The maximum Gasteiger partial charge on any atom is 0.354 e. The fourth-order valence-corrected chi connectivity index (χ4v) is 3.12. The van der Waals surface area contributed by atoms with E-state index in [1.807, 2.05) is 0 Å². The van der Waals surface area contributed by atoms with Crippen LogP contribution >= 0.6 is 11.6 Å². The first-order valence-electron chi connectivity index (χ1n) is 10.9. The molecule has 3 aromatic rings. The molecule has 0 fully saturated rings. The van der Waals surface area contributed by atoms with Gasteiger partial charge in [0.1, 0.15) is 17.2 Å². The van der Waals surface area contributed by atoms with Crippen molar-refractivity contribution in [2.24, 2.45) is 4.99 Å². The Morgan fingerprint density at radius 3 is 2.25 bits per heavy atom. The van der Waals surface area contributed by atoms with Crippen molar-refractivity contribution in [1.82, 2.24) is 20.5 Å². The molecule has 0 aliphatic heterocycles. The van der Waals surface area contributed by atoms with Crippen LogP contribution in [0, 0.1) is 0 Å². The van der Waals surface area contributed by atoms with Crippen LogP contribution in [0.5, 0.6) is 11.5 Å². The zero-order valence-corrected chi connectivity index (χ0v) is 20.3. The zero-order chi connectivity index (χ0) is 26.1. The summed E-state index contributed by atoms with van der Waals surface area (Å²) < 4.78 is 5.68. The lowest BCUT2D eigenvalue weighted by molar-refractivity contribution is -0.117. The van der Waals surface area contributed by atoms with Crippen LogP contribution in [0.2, 0.25) is 5.02 Å². The summed E-state index contributed by atoms with van der Waals surface area (Å²) in [5.41, 5.74) is 1.15. The zero-order valence-electron chi connectivity index (χ0n) is 19.6. The number of rotatable bonds is 7. The predicted molar refractivity (Wildman–Crippen MR) is 135 cm³/mol. The number of guanidine groups is 1. The largest absolute Gasteiger partial charge is 0.477 e. The van der Waals surface area contributed by atoms with Gasteiger partial charge in [-0.1, -0.05) is 23.7 Å². The van der Waals surface area contributed by atoms with Crippen LogP contribution in [-0.4, -0.2) is 45.4 Å². The van der Waals surface area contributed by atoms with Crippen molar-refractivity contribution in [2.75, 3.05) is 6.54 Å². The minimum Gasteiger partial charge on any atom is -0.477 e. The van der Waals surface area contributed by atoms with E-state index in [9.17, 15) is 14.4 Å². The lowest BCUT2D eigenvalue weighted by Crippen LogP contribution is -2.50. The molecule has 3 rings (SSSR count). The Morgan fingerprint density at radius 2 is 1.69 bits per heavy atom. The smallest absolute Gasteiger partial charge is 0.354 e. The third-order valence-electron chi connectivity index (χ3n) is 4.63. The van der Waals surface area contributed by atoms with Gasteiger partial charge in [-0.3, -0.25) is 15.0 Å². The van der Waals surface area contributed by atoms with E-state index in [0.29, 0.717) is 28.8 Å². The molecule has 3 amide bonds. The van der Waals surface area contributed by atoms with Crippen LogP contribution in [0.25, 0.3) is 0 Å². The van der Waals surface area contributed by atoms with E-state index in [0.717, 1.165) is 5.56 Å². The number of aromatic carboxylic acids is 1. The van der Waals surface area contributed by atoms with Crippen molar-refractivity contribution in [3.8, 4) is 11.5 Å². The molecule has 1 aromatic heterocycles.